The van der Waals surface area contributed by atoms with E-state index >= 15 is 0 Å². The zero-order chi connectivity index (χ0) is 9.45. The molecule has 0 saturated carbocycles. The lowest BCUT2D eigenvalue weighted by atomic mass is 10.9. The van der Waals surface area contributed by atoms with Crippen LogP contribution in [0.1, 0.15) is 6.92 Å². The van der Waals surface area contributed by atoms with E-state index in [0.717, 1.165) is 0 Å². The molecule has 0 N–H and O–H groups in total. The van der Waals surface area contributed by atoms with Gasteiger partial charge in [-0.05, 0) is 0 Å². The molecule has 0 aromatic carbocycles. The summed E-state index contributed by atoms with van der Waals surface area (Å²) in [5.41, 5.74) is 0. The Bertz CT molecular complexity index is 142. The Hall–Kier alpha value is 0.730. The molecule has 0 aromatic heterocycles. The smallest absolute Gasteiger partial charge is 0.307 e. The van der Waals surface area contributed by atoms with Gasteiger partial charge in [-0.15, -0.1) is 23.2 Å². The topological polar surface area (TPSA) is 35.5 Å². The van der Waals surface area contributed by atoms with Crippen LogP contribution in [0.5, 0.6) is 0 Å². The Morgan fingerprint density at radius 3 is 1.83 bits per heavy atom. The summed E-state index contributed by atoms with van der Waals surface area (Å²) in [6, 6.07) is 0. The minimum atomic E-state index is -2.90. The van der Waals surface area contributed by atoms with Crippen LogP contribution in [0.15, 0.2) is 0 Å². The van der Waals surface area contributed by atoms with Gasteiger partial charge < -0.3 is 9.05 Å². The van der Waals surface area contributed by atoms with Crippen molar-refractivity contribution in [3.63, 3.8) is 0 Å². The van der Waals surface area contributed by atoms with Gasteiger partial charge in [-0.1, -0.05) is 6.92 Å². The van der Waals surface area contributed by atoms with Crippen LogP contribution in [-0.4, -0.2) is 31.1 Å². The summed E-state index contributed by atoms with van der Waals surface area (Å²) in [5.74, 6) is 0.627. The molecule has 12 heavy (non-hydrogen) atoms. The first-order valence-electron chi connectivity index (χ1n) is 3.68. The van der Waals surface area contributed by atoms with Crippen LogP contribution >= 0.6 is 30.8 Å². The number of halogens is 2. The molecule has 0 saturated heterocycles. The standard InChI is InChI=1S/C6H13Cl2O3P/c1-2-12(9,10-5-3-7)11-6-4-8/h2-6H2,1H3. The van der Waals surface area contributed by atoms with Gasteiger partial charge in [0.15, 0.2) is 0 Å². The highest BCUT2D eigenvalue weighted by molar-refractivity contribution is 7.53. The fraction of sp³-hybridized carbons (Fsp3) is 1.00. The third-order valence-corrected chi connectivity index (χ3v) is 3.35. The number of hydrogen-bond donors (Lipinski definition) is 0. The molecule has 0 atom stereocenters. The number of alkyl halides is 2. The average molecular weight is 235 g/mol. The van der Waals surface area contributed by atoms with Crippen LogP contribution in [0.3, 0.4) is 0 Å². The van der Waals surface area contributed by atoms with Gasteiger partial charge in [0.25, 0.3) is 0 Å². The van der Waals surface area contributed by atoms with Gasteiger partial charge in [-0.3, -0.25) is 4.57 Å². The molecule has 0 aliphatic carbocycles. The molecule has 0 aliphatic rings. The Labute approximate surface area is 82.9 Å². The summed E-state index contributed by atoms with van der Waals surface area (Å²) < 4.78 is 21.5. The molecule has 0 spiro atoms. The van der Waals surface area contributed by atoms with E-state index in [1.54, 1.807) is 6.92 Å². The van der Waals surface area contributed by atoms with Gasteiger partial charge in [0.05, 0.1) is 13.2 Å². The van der Waals surface area contributed by atoms with Crippen LogP contribution in [0.2, 0.25) is 0 Å². The molecule has 0 bridgehead atoms. The van der Waals surface area contributed by atoms with Crippen molar-refractivity contribution in [1.29, 1.82) is 0 Å². The van der Waals surface area contributed by atoms with Crippen LogP contribution in [0, 0.1) is 0 Å². The minimum absolute atomic E-state index is 0.245. The molecule has 0 heterocycles. The summed E-state index contributed by atoms with van der Waals surface area (Å²) >= 11 is 10.7. The Morgan fingerprint density at radius 2 is 1.58 bits per heavy atom. The van der Waals surface area contributed by atoms with Gasteiger partial charge >= 0.3 is 7.60 Å². The summed E-state index contributed by atoms with van der Waals surface area (Å²) in [7, 11) is -2.90. The molecular weight excluding hydrogens is 222 g/mol. The van der Waals surface area contributed by atoms with Crippen molar-refractivity contribution >= 4 is 30.8 Å². The molecule has 3 nitrogen and oxygen atoms in total. The summed E-state index contributed by atoms with van der Waals surface area (Å²) in [5, 5.41) is 0. The maximum absolute atomic E-state index is 11.5. The molecule has 74 valence electrons. The lowest BCUT2D eigenvalue weighted by molar-refractivity contribution is 0.223. The van der Waals surface area contributed by atoms with E-state index in [-0.39, 0.29) is 13.2 Å². The van der Waals surface area contributed by atoms with E-state index in [1.807, 2.05) is 0 Å². The molecule has 0 aliphatic heterocycles. The third-order valence-electron chi connectivity index (χ3n) is 1.12. The largest absolute Gasteiger partial charge is 0.330 e. The number of hydrogen-bond acceptors (Lipinski definition) is 3. The maximum atomic E-state index is 11.5. The van der Waals surface area contributed by atoms with Crippen LogP contribution in [-0.2, 0) is 13.6 Å². The highest BCUT2D eigenvalue weighted by Gasteiger charge is 2.20. The number of rotatable bonds is 7. The molecule has 0 unspecified atom stereocenters. The van der Waals surface area contributed by atoms with E-state index < -0.39 is 7.60 Å². The molecule has 0 fully saturated rings. The predicted molar refractivity (Wildman–Crippen MR) is 51.5 cm³/mol. The van der Waals surface area contributed by atoms with Crippen molar-refractivity contribution < 1.29 is 13.6 Å². The van der Waals surface area contributed by atoms with Gasteiger partial charge in [-0.2, -0.15) is 0 Å². The summed E-state index contributed by atoms with van der Waals surface area (Å²) in [6.45, 7) is 2.23. The normalized spacial score (nSPS) is 11.9. The molecule has 0 aromatic rings. The lowest BCUT2D eigenvalue weighted by Gasteiger charge is -2.15. The lowest BCUT2D eigenvalue weighted by Crippen LogP contribution is -2.02. The first-order valence-corrected chi connectivity index (χ1v) is 6.48. The van der Waals surface area contributed by atoms with Crippen molar-refractivity contribution in [1.82, 2.24) is 0 Å². The minimum Gasteiger partial charge on any atom is -0.307 e. The van der Waals surface area contributed by atoms with Crippen molar-refractivity contribution in [2.75, 3.05) is 31.1 Å². The fourth-order valence-electron chi connectivity index (χ4n) is 0.567. The molecule has 0 rings (SSSR count). The zero-order valence-electron chi connectivity index (χ0n) is 6.96. The molecule has 0 radical (unpaired) electrons. The summed E-state index contributed by atoms with van der Waals surface area (Å²) in [6.07, 6.45) is 0.348. The van der Waals surface area contributed by atoms with Crippen molar-refractivity contribution in [3.8, 4) is 0 Å². The second-order valence-corrected chi connectivity index (χ2v) is 5.10. The average Bonchev–Trinajstić information content (AvgIpc) is 2.11. The Balaban J connectivity index is 3.79. The van der Waals surface area contributed by atoms with Crippen molar-refractivity contribution in [2.45, 2.75) is 6.92 Å². The van der Waals surface area contributed by atoms with Crippen molar-refractivity contribution in [3.05, 3.63) is 0 Å². The predicted octanol–water partition coefficient (Wildman–Crippen LogP) is 2.71. The summed E-state index contributed by atoms with van der Waals surface area (Å²) in [4.78, 5) is 0. The quantitative estimate of drug-likeness (QED) is 0.502. The van der Waals surface area contributed by atoms with Gasteiger partial charge in [0.1, 0.15) is 0 Å². The van der Waals surface area contributed by atoms with Gasteiger partial charge in [-0.25, -0.2) is 0 Å². The van der Waals surface area contributed by atoms with Crippen LogP contribution in [0.4, 0.5) is 0 Å². The second-order valence-electron chi connectivity index (χ2n) is 1.97. The van der Waals surface area contributed by atoms with Crippen molar-refractivity contribution in [2.24, 2.45) is 0 Å². The van der Waals surface area contributed by atoms with E-state index in [0.29, 0.717) is 17.9 Å². The van der Waals surface area contributed by atoms with Crippen LogP contribution in [0.25, 0.3) is 0 Å². The second kappa shape index (κ2) is 7.16. The Kier molecular flexibility index (Phi) is 7.60. The monoisotopic (exact) mass is 234 g/mol. The third kappa shape index (κ3) is 5.39. The van der Waals surface area contributed by atoms with Gasteiger partial charge in [0, 0.05) is 17.9 Å². The zero-order valence-corrected chi connectivity index (χ0v) is 9.37. The molecular formula is C6H13Cl2O3P. The van der Waals surface area contributed by atoms with Crippen LogP contribution < -0.4 is 0 Å². The highest BCUT2D eigenvalue weighted by Crippen LogP contribution is 2.47. The van der Waals surface area contributed by atoms with Gasteiger partial charge in [0.2, 0.25) is 0 Å². The fourth-order valence-corrected chi connectivity index (χ4v) is 2.12. The van der Waals surface area contributed by atoms with E-state index in [1.165, 1.54) is 0 Å². The SMILES string of the molecule is CCP(=O)(OCCCl)OCCCl. The first-order chi connectivity index (χ1) is 5.68. The molecule has 0 amide bonds. The van der Waals surface area contributed by atoms with E-state index in [2.05, 4.69) is 0 Å². The Morgan fingerprint density at radius 1 is 1.17 bits per heavy atom. The first kappa shape index (κ1) is 12.7. The van der Waals surface area contributed by atoms with E-state index in [9.17, 15) is 4.57 Å². The van der Waals surface area contributed by atoms with E-state index in [4.69, 9.17) is 32.2 Å². The maximum Gasteiger partial charge on any atom is 0.330 e. The highest BCUT2D eigenvalue weighted by atomic mass is 35.5. The molecule has 6 heteroatoms.